The molecule has 1 aromatic heterocycles. The highest BCUT2D eigenvalue weighted by atomic mass is 16.3. The predicted molar refractivity (Wildman–Crippen MR) is 95.8 cm³/mol. The first-order valence-corrected chi connectivity index (χ1v) is 9.15. The SMILES string of the molecule is c1ccc(C2CN(C3CCN(Cc4ccco4)CC3)CCN2)cc1. The summed E-state index contributed by atoms with van der Waals surface area (Å²) in [4.78, 5) is 5.23. The van der Waals surface area contributed by atoms with Crippen LogP contribution in [0.5, 0.6) is 0 Å². The van der Waals surface area contributed by atoms with Crippen molar-refractivity contribution in [2.45, 2.75) is 31.5 Å². The van der Waals surface area contributed by atoms with Crippen LogP contribution < -0.4 is 5.32 Å². The van der Waals surface area contributed by atoms with Gasteiger partial charge < -0.3 is 9.73 Å². The van der Waals surface area contributed by atoms with Gasteiger partial charge in [0, 0.05) is 44.8 Å². The lowest BCUT2D eigenvalue weighted by Crippen LogP contribution is -2.52. The normalized spacial score (nSPS) is 24.2. The Morgan fingerprint density at radius 3 is 2.58 bits per heavy atom. The van der Waals surface area contributed by atoms with Crippen LogP contribution in [0.15, 0.2) is 53.1 Å². The van der Waals surface area contributed by atoms with Gasteiger partial charge in [-0.2, -0.15) is 0 Å². The monoisotopic (exact) mass is 325 g/mol. The molecule has 2 aliphatic heterocycles. The summed E-state index contributed by atoms with van der Waals surface area (Å²) >= 11 is 0. The molecule has 2 fully saturated rings. The fourth-order valence-corrected chi connectivity index (χ4v) is 4.08. The largest absolute Gasteiger partial charge is 0.468 e. The van der Waals surface area contributed by atoms with Crippen LogP contribution in [0.1, 0.15) is 30.2 Å². The first-order valence-electron chi connectivity index (χ1n) is 9.15. The first kappa shape index (κ1) is 15.9. The molecule has 1 aromatic carbocycles. The average molecular weight is 325 g/mol. The van der Waals surface area contributed by atoms with Crippen molar-refractivity contribution in [3.8, 4) is 0 Å². The Labute approximate surface area is 144 Å². The van der Waals surface area contributed by atoms with Crippen LogP contribution >= 0.6 is 0 Å². The van der Waals surface area contributed by atoms with Gasteiger partial charge in [-0.15, -0.1) is 0 Å². The van der Waals surface area contributed by atoms with Gasteiger partial charge >= 0.3 is 0 Å². The predicted octanol–water partition coefficient (Wildman–Crippen LogP) is 2.89. The van der Waals surface area contributed by atoms with E-state index in [-0.39, 0.29) is 0 Å². The number of nitrogens with zero attached hydrogens (tertiary/aromatic N) is 2. The fourth-order valence-electron chi connectivity index (χ4n) is 4.08. The molecule has 4 rings (SSSR count). The second-order valence-electron chi connectivity index (χ2n) is 7.00. The van der Waals surface area contributed by atoms with Crippen LogP contribution in [-0.2, 0) is 6.54 Å². The molecule has 24 heavy (non-hydrogen) atoms. The summed E-state index contributed by atoms with van der Waals surface area (Å²) in [6.07, 6.45) is 4.30. The summed E-state index contributed by atoms with van der Waals surface area (Å²) in [5.74, 6) is 1.08. The topological polar surface area (TPSA) is 31.6 Å². The van der Waals surface area contributed by atoms with Crippen LogP contribution in [0.25, 0.3) is 0 Å². The maximum Gasteiger partial charge on any atom is 0.117 e. The molecular formula is C20H27N3O. The van der Waals surface area contributed by atoms with Crippen molar-refractivity contribution in [1.29, 1.82) is 0 Å². The Hall–Kier alpha value is -1.62. The Kier molecular flexibility index (Phi) is 4.97. The highest BCUT2D eigenvalue weighted by Gasteiger charge is 2.29. The molecule has 0 amide bonds. The molecule has 0 aliphatic carbocycles. The Bertz CT molecular complexity index is 605. The molecule has 0 spiro atoms. The van der Waals surface area contributed by atoms with Gasteiger partial charge in [-0.3, -0.25) is 9.80 Å². The number of hydrogen-bond donors (Lipinski definition) is 1. The molecular weight excluding hydrogens is 298 g/mol. The molecule has 2 aromatic rings. The zero-order chi connectivity index (χ0) is 16.2. The van der Waals surface area contributed by atoms with E-state index in [4.69, 9.17) is 4.42 Å². The van der Waals surface area contributed by atoms with Crippen molar-refractivity contribution < 1.29 is 4.42 Å². The molecule has 0 bridgehead atoms. The van der Waals surface area contributed by atoms with Gasteiger partial charge in [-0.05, 0) is 30.5 Å². The van der Waals surface area contributed by atoms with Crippen LogP contribution in [0.2, 0.25) is 0 Å². The highest BCUT2D eigenvalue weighted by Crippen LogP contribution is 2.23. The number of benzene rings is 1. The third-order valence-corrected chi connectivity index (χ3v) is 5.44. The number of nitrogens with one attached hydrogen (secondary N) is 1. The molecule has 2 saturated heterocycles. The van der Waals surface area contributed by atoms with E-state index in [0.717, 1.165) is 31.4 Å². The van der Waals surface area contributed by atoms with Gasteiger partial charge in [0.05, 0.1) is 12.8 Å². The summed E-state index contributed by atoms with van der Waals surface area (Å²) in [6, 6.07) is 16.1. The third kappa shape index (κ3) is 3.72. The van der Waals surface area contributed by atoms with E-state index >= 15 is 0 Å². The summed E-state index contributed by atoms with van der Waals surface area (Å²) < 4.78 is 5.48. The fraction of sp³-hybridized carbons (Fsp3) is 0.500. The lowest BCUT2D eigenvalue weighted by molar-refractivity contribution is 0.0780. The Morgan fingerprint density at radius 2 is 1.83 bits per heavy atom. The lowest BCUT2D eigenvalue weighted by Gasteiger charge is -2.42. The van der Waals surface area contributed by atoms with Crippen LogP contribution in [-0.4, -0.2) is 48.6 Å². The standard InChI is InChI=1S/C20H27N3O/c1-2-5-17(6-3-1)20-16-23(13-10-21-20)18-8-11-22(12-9-18)15-19-7-4-14-24-19/h1-7,14,18,20-21H,8-13,15-16H2. The summed E-state index contributed by atoms with van der Waals surface area (Å²) in [6.45, 7) is 6.69. The average Bonchev–Trinajstić information content (AvgIpc) is 3.16. The van der Waals surface area contributed by atoms with Gasteiger partial charge in [0.2, 0.25) is 0 Å². The van der Waals surface area contributed by atoms with Crippen LogP contribution in [0.4, 0.5) is 0 Å². The maximum absolute atomic E-state index is 5.48. The molecule has 0 radical (unpaired) electrons. The summed E-state index contributed by atoms with van der Waals surface area (Å²) in [5.41, 5.74) is 1.41. The van der Waals surface area contributed by atoms with Crippen molar-refractivity contribution >= 4 is 0 Å². The Morgan fingerprint density at radius 1 is 1.00 bits per heavy atom. The van der Waals surface area contributed by atoms with Crippen LogP contribution in [0, 0.1) is 0 Å². The minimum absolute atomic E-state index is 0.473. The number of hydrogen-bond acceptors (Lipinski definition) is 4. The molecule has 1 unspecified atom stereocenters. The molecule has 4 nitrogen and oxygen atoms in total. The van der Waals surface area contributed by atoms with E-state index in [1.54, 1.807) is 6.26 Å². The van der Waals surface area contributed by atoms with Gasteiger partial charge in [-0.25, -0.2) is 0 Å². The van der Waals surface area contributed by atoms with E-state index in [9.17, 15) is 0 Å². The van der Waals surface area contributed by atoms with Crippen molar-refractivity contribution in [2.75, 3.05) is 32.7 Å². The minimum atomic E-state index is 0.473. The quantitative estimate of drug-likeness (QED) is 0.937. The van der Waals surface area contributed by atoms with Gasteiger partial charge in [0.25, 0.3) is 0 Å². The maximum atomic E-state index is 5.48. The molecule has 128 valence electrons. The molecule has 3 heterocycles. The smallest absolute Gasteiger partial charge is 0.117 e. The molecule has 0 saturated carbocycles. The van der Waals surface area contributed by atoms with Gasteiger partial charge in [0.15, 0.2) is 0 Å². The second-order valence-corrected chi connectivity index (χ2v) is 7.00. The summed E-state index contributed by atoms with van der Waals surface area (Å²) in [5, 5.41) is 3.68. The van der Waals surface area contributed by atoms with Gasteiger partial charge in [0.1, 0.15) is 5.76 Å². The Balaban J connectivity index is 1.30. The van der Waals surface area contributed by atoms with Crippen molar-refractivity contribution in [3.63, 3.8) is 0 Å². The van der Waals surface area contributed by atoms with E-state index in [0.29, 0.717) is 6.04 Å². The zero-order valence-electron chi connectivity index (χ0n) is 14.2. The lowest BCUT2D eigenvalue weighted by atomic mass is 9.98. The molecule has 4 heteroatoms. The highest BCUT2D eigenvalue weighted by molar-refractivity contribution is 5.20. The van der Waals surface area contributed by atoms with E-state index in [1.165, 1.54) is 38.0 Å². The zero-order valence-corrected chi connectivity index (χ0v) is 14.2. The van der Waals surface area contributed by atoms with E-state index in [2.05, 4.69) is 51.5 Å². The summed E-state index contributed by atoms with van der Waals surface area (Å²) in [7, 11) is 0. The number of likely N-dealkylation sites (tertiary alicyclic amines) is 1. The van der Waals surface area contributed by atoms with E-state index in [1.807, 2.05) is 6.07 Å². The second kappa shape index (κ2) is 7.51. The number of furan rings is 1. The molecule has 1 atom stereocenters. The van der Waals surface area contributed by atoms with Crippen molar-refractivity contribution in [1.82, 2.24) is 15.1 Å². The first-order chi connectivity index (χ1) is 11.9. The van der Waals surface area contributed by atoms with E-state index < -0.39 is 0 Å². The number of piperazine rings is 1. The minimum Gasteiger partial charge on any atom is -0.468 e. The van der Waals surface area contributed by atoms with Crippen molar-refractivity contribution in [3.05, 3.63) is 60.1 Å². The third-order valence-electron chi connectivity index (χ3n) is 5.44. The molecule has 2 aliphatic rings. The van der Waals surface area contributed by atoms with Crippen molar-refractivity contribution in [2.24, 2.45) is 0 Å². The number of piperidine rings is 1. The van der Waals surface area contributed by atoms with Gasteiger partial charge in [-0.1, -0.05) is 30.3 Å². The molecule has 1 N–H and O–H groups in total. The number of rotatable bonds is 4. The van der Waals surface area contributed by atoms with Crippen LogP contribution in [0.3, 0.4) is 0 Å².